The average Bonchev–Trinajstić information content (AvgIpc) is 2.76. The van der Waals surface area contributed by atoms with E-state index in [9.17, 15) is 8.42 Å². The Bertz CT molecular complexity index is 453. The van der Waals surface area contributed by atoms with E-state index in [2.05, 4.69) is 14.9 Å². The van der Waals surface area contributed by atoms with Crippen LogP contribution in [0.15, 0.2) is 4.90 Å². The molecule has 1 saturated carbocycles. The molecule has 0 bridgehead atoms. The molecular weight excluding hydrogens is 226 g/mol. The van der Waals surface area contributed by atoms with Crippen LogP contribution in [0.2, 0.25) is 0 Å². The van der Waals surface area contributed by atoms with Crippen molar-refractivity contribution in [1.29, 1.82) is 0 Å². The summed E-state index contributed by atoms with van der Waals surface area (Å²) in [7, 11) is -3.41. The first-order valence-electron chi connectivity index (χ1n) is 5.54. The summed E-state index contributed by atoms with van der Waals surface area (Å²) in [5.41, 5.74) is 1.13. The van der Waals surface area contributed by atoms with Gasteiger partial charge in [-0.05, 0) is 26.7 Å². The fourth-order valence-corrected chi connectivity index (χ4v) is 3.93. The van der Waals surface area contributed by atoms with Crippen molar-refractivity contribution in [3.05, 3.63) is 11.4 Å². The number of nitrogens with one attached hydrogen (secondary N) is 2. The third kappa shape index (κ3) is 2.12. The molecule has 0 atom stereocenters. The Morgan fingerprint density at radius 3 is 2.44 bits per heavy atom. The molecule has 1 aromatic heterocycles. The van der Waals surface area contributed by atoms with E-state index in [0.717, 1.165) is 25.7 Å². The first-order valence-corrected chi connectivity index (χ1v) is 7.03. The molecule has 0 aromatic carbocycles. The summed E-state index contributed by atoms with van der Waals surface area (Å²) in [5.74, 6) is 0. The van der Waals surface area contributed by atoms with Crippen LogP contribution in [0.1, 0.15) is 37.1 Å². The van der Waals surface area contributed by atoms with E-state index < -0.39 is 10.0 Å². The second-order valence-corrected chi connectivity index (χ2v) is 6.02. The van der Waals surface area contributed by atoms with Gasteiger partial charge in [-0.25, -0.2) is 13.1 Å². The van der Waals surface area contributed by atoms with Gasteiger partial charge in [-0.3, -0.25) is 5.10 Å². The molecule has 2 rings (SSSR count). The SMILES string of the molecule is Cc1n[nH]c(C)c1S(=O)(=O)NC1CCCC1. The molecule has 0 unspecified atom stereocenters. The lowest BCUT2D eigenvalue weighted by Crippen LogP contribution is -2.33. The third-order valence-corrected chi connectivity index (χ3v) is 4.79. The topological polar surface area (TPSA) is 74.8 Å². The number of sulfonamides is 1. The lowest BCUT2D eigenvalue weighted by Gasteiger charge is -2.12. The van der Waals surface area contributed by atoms with Gasteiger partial charge in [0, 0.05) is 6.04 Å². The molecule has 1 fully saturated rings. The van der Waals surface area contributed by atoms with Gasteiger partial charge in [0.2, 0.25) is 10.0 Å². The van der Waals surface area contributed by atoms with Crippen molar-refractivity contribution in [2.75, 3.05) is 0 Å². The number of aryl methyl sites for hydroxylation is 2. The first kappa shape index (κ1) is 11.6. The Balaban J connectivity index is 2.25. The summed E-state index contributed by atoms with van der Waals surface area (Å²) in [4.78, 5) is 0.305. The van der Waals surface area contributed by atoms with Crippen LogP contribution < -0.4 is 4.72 Å². The van der Waals surface area contributed by atoms with Gasteiger partial charge in [-0.1, -0.05) is 12.8 Å². The van der Waals surface area contributed by atoms with Crippen molar-refractivity contribution >= 4 is 10.0 Å². The molecule has 1 aliphatic rings. The Labute approximate surface area is 95.7 Å². The van der Waals surface area contributed by atoms with Gasteiger partial charge in [0.25, 0.3) is 0 Å². The highest BCUT2D eigenvalue weighted by Gasteiger charge is 2.26. The molecule has 5 nitrogen and oxygen atoms in total. The molecule has 0 saturated heterocycles. The van der Waals surface area contributed by atoms with Gasteiger partial charge in [0.1, 0.15) is 4.90 Å². The van der Waals surface area contributed by atoms with Crippen LogP contribution in [-0.2, 0) is 10.0 Å². The molecule has 16 heavy (non-hydrogen) atoms. The second-order valence-electron chi connectivity index (χ2n) is 4.37. The lowest BCUT2D eigenvalue weighted by molar-refractivity contribution is 0.551. The van der Waals surface area contributed by atoms with E-state index in [1.54, 1.807) is 13.8 Å². The zero-order valence-corrected chi connectivity index (χ0v) is 10.4. The molecule has 0 amide bonds. The van der Waals surface area contributed by atoms with Crippen LogP contribution in [0.5, 0.6) is 0 Å². The fourth-order valence-electron chi connectivity index (χ4n) is 2.26. The van der Waals surface area contributed by atoms with Crippen LogP contribution >= 0.6 is 0 Å². The summed E-state index contributed by atoms with van der Waals surface area (Å²) in [6.45, 7) is 3.43. The van der Waals surface area contributed by atoms with Gasteiger partial charge in [-0.2, -0.15) is 5.10 Å². The van der Waals surface area contributed by atoms with Crippen LogP contribution in [0, 0.1) is 13.8 Å². The summed E-state index contributed by atoms with van der Waals surface area (Å²) in [6.07, 6.45) is 4.09. The molecule has 0 radical (unpaired) electrons. The monoisotopic (exact) mass is 243 g/mol. The zero-order valence-electron chi connectivity index (χ0n) is 9.58. The summed E-state index contributed by atoms with van der Waals surface area (Å²) < 4.78 is 27.0. The highest BCUT2D eigenvalue weighted by atomic mass is 32.2. The molecule has 2 N–H and O–H groups in total. The number of hydrogen-bond donors (Lipinski definition) is 2. The van der Waals surface area contributed by atoms with E-state index in [0.29, 0.717) is 16.3 Å². The van der Waals surface area contributed by atoms with E-state index in [1.165, 1.54) is 0 Å². The smallest absolute Gasteiger partial charge is 0.244 e. The Hall–Kier alpha value is -0.880. The normalized spacial score (nSPS) is 18.1. The van der Waals surface area contributed by atoms with Crippen LogP contribution in [0.3, 0.4) is 0 Å². The molecular formula is C10H17N3O2S. The average molecular weight is 243 g/mol. The standard InChI is InChI=1S/C10H17N3O2S/c1-7-10(8(2)12-11-7)16(14,15)13-9-5-3-4-6-9/h9,13H,3-6H2,1-2H3,(H,11,12). The van der Waals surface area contributed by atoms with Gasteiger partial charge in [0.05, 0.1) is 11.4 Å². The maximum Gasteiger partial charge on any atom is 0.244 e. The maximum atomic E-state index is 12.1. The lowest BCUT2D eigenvalue weighted by atomic mass is 10.3. The van der Waals surface area contributed by atoms with Crippen molar-refractivity contribution in [2.45, 2.75) is 50.5 Å². The number of aromatic amines is 1. The molecule has 0 spiro atoms. The van der Waals surface area contributed by atoms with Crippen molar-refractivity contribution in [3.63, 3.8) is 0 Å². The number of H-pyrrole nitrogens is 1. The highest BCUT2D eigenvalue weighted by Crippen LogP contribution is 2.22. The van der Waals surface area contributed by atoms with Gasteiger partial charge in [0.15, 0.2) is 0 Å². The minimum absolute atomic E-state index is 0.0960. The highest BCUT2D eigenvalue weighted by molar-refractivity contribution is 7.89. The van der Waals surface area contributed by atoms with Crippen molar-refractivity contribution in [2.24, 2.45) is 0 Å². The Morgan fingerprint density at radius 1 is 1.31 bits per heavy atom. The molecule has 0 aliphatic heterocycles. The Morgan fingerprint density at radius 2 is 1.94 bits per heavy atom. The van der Waals surface area contributed by atoms with E-state index >= 15 is 0 Å². The van der Waals surface area contributed by atoms with Crippen molar-refractivity contribution in [1.82, 2.24) is 14.9 Å². The number of hydrogen-bond acceptors (Lipinski definition) is 3. The predicted molar refractivity (Wildman–Crippen MR) is 60.6 cm³/mol. The van der Waals surface area contributed by atoms with Gasteiger partial charge in [-0.15, -0.1) is 0 Å². The first-order chi connectivity index (χ1) is 7.50. The van der Waals surface area contributed by atoms with Crippen LogP contribution in [-0.4, -0.2) is 24.7 Å². The largest absolute Gasteiger partial charge is 0.281 e. The third-order valence-electron chi connectivity index (χ3n) is 3.01. The minimum Gasteiger partial charge on any atom is -0.281 e. The number of nitrogens with zero attached hydrogens (tertiary/aromatic N) is 1. The van der Waals surface area contributed by atoms with E-state index in [-0.39, 0.29) is 6.04 Å². The Kier molecular flexibility index (Phi) is 3.03. The van der Waals surface area contributed by atoms with Crippen LogP contribution in [0.4, 0.5) is 0 Å². The van der Waals surface area contributed by atoms with Crippen molar-refractivity contribution < 1.29 is 8.42 Å². The second kappa shape index (κ2) is 4.18. The minimum atomic E-state index is -3.41. The molecule has 1 heterocycles. The summed E-state index contributed by atoms with van der Waals surface area (Å²) in [5, 5.41) is 6.61. The van der Waals surface area contributed by atoms with E-state index in [1.807, 2.05) is 0 Å². The van der Waals surface area contributed by atoms with Crippen molar-refractivity contribution in [3.8, 4) is 0 Å². The molecule has 6 heteroatoms. The zero-order chi connectivity index (χ0) is 11.8. The van der Waals surface area contributed by atoms with Crippen LogP contribution in [0.25, 0.3) is 0 Å². The predicted octanol–water partition coefficient (Wildman–Crippen LogP) is 1.25. The maximum absolute atomic E-state index is 12.1. The number of rotatable bonds is 3. The van der Waals surface area contributed by atoms with E-state index in [4.69, 9.17) is 0 Å². The fraction of sp³-hybridized carbons (Fsp3) is 0.700. The number of aromatic nitrogens is 2. The van der Waals surface area contributed by atoms with Gasteiger partial charge < -0.3 is 0 Å². The molecule has 90 valence electrons. The molecule has 1 aromatic rings. The summed E-state index contributed by atoms with van der Waals surface area (Å²) >= 11 is 0. The van der Waals surface area contributed by atoms with Gasteiger partial charge >= 0.3 is 0 Å². The molecule has 1 aliphatic carbocycles. The quantitative estimate of drug-likeness (QED) is 0.839. The summed E-state index contributed by atoms with van der Waals surface area (Å²) in [6, 6.07) is 0.0960.